The number of unbranched alkanes of at least 4 members (excludes halogenated alkanes) is 20. The molecule has 0 aromatic carbocycles. The summed E-state index contributed by atoms with van der Waals surface area (Å²) in [4.78, 5) is 42.3. The highest BCUT2D eigenvalue weighted by Crippen LogP contribution is 2.36. The molecule has 43 heavy (non-hydrogen) atoms. The molecule has 0 radical (unpaired) electrons. The van der Waals surface area contributed by atoms with Gasteiger partial charge in [-0.1, -0.05) is 135 Å². The first-order valence-electron chi connectivity index (χ1n) is 17.5. The van der Waals surface area contributed by atoms with E-state index in [1.807, 2.05) is 0 Å². The second-order valence-corrected chi connectivity index (χ2v) is 13.1. The predicted octanol–water partition coefficient (Wildman–Crippen LogP) is 9.90. The van der Waals surface area contributed by atoms with Gasteiger partial charge in [0, 0.05) is 12.8 Å². The Morgan fingerprint density at radius 1 is 0.581 bits per heavy atom. The molecule has 0 fully saturated rings. The van der Waals surface area contributed by atoms with Crippen molar-refractivity contribution in [3.05, 3.63) is 12.2 Å². The second kappa shape index (κ2) is 30.8. The fourth-order valence-corrected chi connectivity index (χ4v) is 5.26. The minimum atomic E-state index is -4.73. The molecule has 0 aliphatic carbocycles. The molecule has 0 amide bonds. The highest BCUT2D eigenvalue weighted by Gasteiger charge is 2.22. The van der Waals surface area contributed by atoms with E-state index in [0.29, 0.717) is 6.42 Å². The van der Waals surface area contributed by atoms with Crippen molar-refractivity contribution in [3.63, 3.8) is 0 Å². The van der Waals surface area contributed by atoms with Gasteiger partial charge in [-0.2, -0.15) is 0 Å². The molecule has 0 aromatic heterocycles. The molecule has 9 heteroatoms. The van der Waals surface area contributed by atoms with Gasteiger partial charge in [0.1, 0.15) is 6.61 Å². The first kappa shape index (κ1) is 41.8. The third-order valence-corrected chi connectivity index (χ3v) is 8.02. The lowest BCUT2D eigenvalue weighted by Gasteiger charge is -2.18. The second-order valence-electron chi connectivity index (χ2n) is 11.8. The fraction of sp³-hybridized carbons (Fsp3) is 0.882. The van der Waals surface area contributed by atoms with E-state index in [1.165, 1.54) is 89.9 Å². The van der Waals surface area contributed by atoms with Crippen molar-refractivity contribution in [1.29, 1.82) is 0 Å². The van der Waals surface area contributed by atoms with Gasteiger partial charge >= 0.3 is 19.8 Å². The molecule has 0 aliphatic heterocycles. The molecule has 0 heterocycles. The number of hydrogen-bond acceptors (Lipinski definition) is 6. The normalized spacial score (nSPS) is 12.6. The third-order valence-electron chi connectivity index (χ3n) is 7.53. The number of phosphoric acid groups is 1. The van der Waals surface area contributed by atoms with Crippen LogP contribution in [-0.4, -0.2) is 41.0 Å². The Morgan fingerprint density at radius 2 is 0.977 bits per heavy atom. The highest BCUT2D eigenvalue weighted by atomic mass is 31.2. The fourth-order valence-electron chi connectivity index (χ4n) is 4.90. The molecular weight excluding hydrogens is 567 g/mol. The Balaban J connectivity index is 3.86. The molecule has 0 aromatic rings. The van der Waals surface area contributed by atoms with Crippen LogP contribution < -0.4 is 0 Å². The molecule has 1 unspecified atom stereocenters. The summed E-state index contributed by atoms with van der Waals surface area (Å²) < 4.78 is 26.1. The van der Waals surface area contributed by atoms with Gasteiger partial charge in [-0.05, 0) is 38.5 Å². The van der Waals surface area contributed by atoms with Crippen molar-refractivity contribution in [1.82, 2.24) is 0 Å². The summed E-state index contributed by atoms with van der Waals surface area (Å²) in [6.45, 7) is 3.59. The largest absolute Gasteiger partial charge is 0.469 e. The van der Waals surface area contributed by atoms with E-state index < -0.39 is 32.5 Å². The summed E-state index contributed by atoms with van der Waals surface area (Å²) in [6.07, 6.45) is 31.1. The number of carbonyl (C=O) groups excluding carboxylic acids is 2. The zero-order valence-corrected chi connectivity index (χ0v) is 28.5. The van der Waals surface area contributed by atoms with Crippen molar-refractivity contribution in [3.8, 4) is 0 Å². The number of esters is 2. The van der Waals surface area contributed by atoms with Gasteiger partial charge in [0.2, 0.25) is 0 Å². The van der Waals surface area contributed by atoms with E-state index in [4.69, 9.17) is 19.3 Å². The third kappa shape index (κ3) is 33.5. The number of hydrogen-bond donors (Lipinski definition) is 2. The monoisotopic (exact) mass is 632 g/mol. The summed E-state index contributed by atoms with van der Waals surface area (Å²) in [5.41, 5.74) is 0. The molecular formula is C34H65O8P. The van der Waals surface area contributed by atoms with E-state index in [-0.39, 0.29) is 19.4 Å². The number of ether oxygens (including phenoxy) is 2. The molecule has 1 atom stereocenters. The van der Waals surface area contributed by atoms with Crippen LogP contribution in [0.5, 0.6) is 0 Å². The van der Waals surface area contributed by atoms with Crippen LogP contribution in [0.2, 0.25) is 0 Å². The molecule has 0 aliphatic rings. The zero-order chi connectivity index (χ0) is 31.9. The zero-order valence-electron chi connectivity index (χ0n) is 27.6. The quantitative estimate of drug-likeness (QED) is 0.0325. The van der Waals surface area contributed by atoms with Crippen molar-refractivity contribution in [2.24, 2.45) is 0 Å². The molecule has 0 saturated heterocycles. The minimum Gasteiger partial charge on any atom is -0.462 e. The number of allylic oxidation sites excluding steroid dienone is 2. The van der Waals surface area contributed by atoms with Gasteiger partial charge in [-0.15, -0.1) is 0 Å². The molecule has 0 spiro atoms. The van der Waals surface area contributed by atoms with Gasteiger partial charge in [0.15, 0.2) is 6.10 Å². The minimum absolute atomic E-state index is 0.213. The van der Waals surface area contributed by atoms with E-state index in [2.05, 4.69) is 30.5 Å². The van der Waals surface area contributed by atoms with Gasteiger partial charge in [-0.3, -0.25) is 14.1 Å². The van der Waals surface area contributed by atoms with Gasteiger partial charge in [-0.25, -0.2) is 4.57 Å². The number of phosphoric ester groups is 1. The van der Waals surface area contributed by atoms with Crippen LogP contribution in [0, 0.1) is 0 Å². The standard InChI is InChI=1S/C34H65O8P/c1-3-5-7-9-11-12-13-14-15-16-17-18-19-20-21-22-23-25-27-29-34(36)42-32(31-41-43(37,38)39)30-40-33(35)28-26-24-10-8-6-4-2/h14-15,32H,3-13,16-31H2,1-2H3,(H2,37,38,39)/b15-14-. The Bertz CT molecular complexity index is 721. The Hall–Kier alpha value is -1.21. The maximum atomic E-state index is 12.3. The predicted molar refractivity (Wildman–Crippen MR) is 175 cm³/mol. The van der Waals surface area contributed by atoms with Crippen molar-refractivity contribution in [2.45, 2.75) is 180 Å². The molecule has 0 rings (SSSR count). The van der Waals surface area contributed by atoms with E-state index in [9.17, 15) is 14.2 Å². The average Bonchev–Trinajstić information content (AvgIpc) is 2.97. The van der Waals surface area contributed by atoms with Gasteiger partial charge in [0.05, 0.1) is 6.61 Å². The topological polar surface area (TPSA) is 119 Å². The van der Waals surface area contributed by atoms with Crippen molar-refractivity contribution >= 4 is 19.8 Å². The lowest BCUT2D eigenvalue weighted by molar-refractivity contribution is -0.161. The number of rotatable bonds is 32. The van der Waals surface area contributed by atoms with Gasteiger partial charge in [0.25, 0.3) is 0 Å². The van der Waals surface area contributed by atoms with Crippen LogP contribution in [0.3, 0.4) is 0 Å². The van der Waals surface area contributed by atoms with Crippen LogP contribution in [0.4, 0.5) is 0 Å². The first-order valence-corrected chi connectivity index (χ1v) is 19.0. The smallest absolute Gasteiger partial charge is 0.462 e. The molecule has 8 nitrogen and oxygen atoms in total. The van der Waals surface area contributed by atoms with Crippen LogP contribution in [0.15, 0.2) is 12.2 Å². The maximum Gasteiger partial charge on any atom is 0.469 e. The summed E-state index contributed by atoms with van der Waals surface area (Å²) in [6, 6.07) is 0. The molecule has 2 N–H and O–H groups in total. The summed E-state index contributed by atoms with van der Waals surface area (Å²) in [5, 5.41) is 0. The average molecular weight is 633 g/mol. The molecule has 254 valence electrons. The SMILES string of the molecule is CCCCCCCC/C=C\CCCCCCCCCCCC(=O)OC(COC(=O)CCCCCCCC)COP(=O)(O)O. The van der Waals surface area contributed by atoms with Gasteiger partial charge < -0.3 is 19.3 Å². The van der Waals surface area contributed by atoms with Crippen LogP contribution in [0.25, 0.3) is 0 Å². The maximum absolute atomic E-state index is 12.3. The lowest BCUT2D eigenvalue weighted by atomic mass is 10.1. The Labute approximate surface area is 263 Å². The number of carbonyl (C=O) groups is 2. The first-order chi connectivity index (χ1) is 20.8. The molecule has 0 bridgehead atoms. The van der Waals surface area contributed by atoms with E-state index in [1.54, 1.807) is 0 Å². The lowest BCUT2D eigenvalue weighted by Crippen LogP contribution is -2.29. The summed E-state index contributed by atoms with van der Waals surface area (Å²) in [5.74, 6) is -0.893. The van der Waals surface area contributed by atoms with Crippen molar-refractivity contribution in [2.75, 3.05) is 13.2 Å². The van der Waals surface area contributed by atoms with E-state index >= 15 is 0 Å². The van der Waals surface area contributed by atoms with E-state index in [0.717, 1.165) is 51.4 Å². The van der Waals surface area contributed by atoms with Crippen LogP contribution in [0.1, 0.15) is 174 Å². The Kier molecular flexibility index (Phi) is 29.9. The van der Waals surface area contributed by atoms with Crippen molar-refractivity contribution < 1.29 is 37.9 Å². The summed E-state index contributed by atoms with van der Waals surface area (Å²) in [7, 11) is -4.73. The molecule has 0 saturated carbocycles. The van der Waals surface area contributed by atoms with Crippen LogP contribution >= 0.6 is 7.82 Å². The van der Waals surface area contributed by atoms with Crippen LogP contribution in [-0.2, 0) is 28.2 Å². The Morgan fingerprint density at radius 3 is 1.42 bits per heavy atom. The highest BCUT2D eigenvalue weighted by molar-refractivity contribution is 7.46. The summed E-state index contributed by atoms with van der Waals surface area (Å²) >= 11 is 0.